The van der Waals surface area contributed by atoms with Crippen LogP contribution in [0.2, 0.25) is 0 Å². The number of sulfonamides is 1. The van der Waals surface area contributed by atoms with E-state index in [1.165, 1.54) is 0 Å². The van der Waals surface area contributed by atoms with Crippen molar-refractivity contribution in [3.8, 4) is 11.5 Å². The van der Waals surface area contributed by atoms with Crippen molar-refractivity contribution in [2.45, 2.75) is 38.6 Å². The summed E-state index contributed by atoms with van der Waals surface area (Å²) in [5.41, 5.74) is 2.43. The summed E-state index contributed by atoms with van der Waals surface area (Å²) in [7, 11) is -2.07. The number of aryl methyl sites for hydroxylation is 3. The van der Waals surface area contributed by atoms with Gasteiger partial charge >= 0.3 is 0 Å². The number of benzene rings is 2. The van der Waals surface area contributed by atoms with Gasteiger partial charge in [0.15, 0.2) is 0 Å². The van der Waals surface area contributed by atoms with Crippen molar-refractivity contribution < 1.29 is 17.9 Å². The maximum Gasteiger partial charge on any atom is 0.241 e. The Bertz CT molecular complexity index is 846. The fourth-order valence-electron chi connectivity index (χ4n) is 2.57. The lowest BCUT2D eigenvalue weighted by Gasteiger charge is -2.18. The molecule has 6 heteroatoms. The first kappa shape index (κ1) is 19.3. The third kappa shape index (κ3) is 4.74. The Morgan fingerprint density at radius 3 is 2.32 bits per heavy atom. The van der Waals surface area contributed by atoms with Gasteiger partial charge in [-0.15, -0.1) is 0 Å². The van der Waals surface area contributed by atoms with Gasteiger partial charge in [-0.05, 0) is 62.6 Å². The molecule has 0 bridgehead atoms. The van der Waals surface area contributed by atoms with Crippen LogP contribution in [0.25, 0.3) is 0 Å². The molecule has 0 aliphatic heterocycles. The minimum absolute atomic E-state index is 0.248. The van der Waals surface area contributed by atoms with E-state index in [1.54, 1.807) is 33.1 Å². The summed E-state index contributed by atoms with van der Waals surface area (Å²) >= 11 is 0. The van der Waals surface area contributed by atoms with Crippen molar-refractivity contribution in [2.75, 3.05) is 13.7 Å². The number of methoxy groups -OCH3 is 1. The van der Waals surface area contributed by atoms with E-state index >= 15 is 0 Å². The van der Waals surface area contributed by atoms with Crippen LogP contribution in [0.4, 0.5) is 0 Å². The molecule has 0 unspecified atom stereocenters. The smallest absolute Gasteiger partial charge is 0.241 e. The second kappa shape index (κ2) is 7.89. The van der Waals surface area contributed by atoms with Gasteiger partial charge in [-0.1, -0.05) is 18.2 Å². The van der Waals surface area contributed by atoms with E-state index in [0.29, 0.717) is 11.3 Å². The normalized spacial score (nSPS) is 12.7. The number of nitrogens with one attached hydrogen (secondary N) is 1. The standard InChI is InChI=1S/C19H25NO4S/c1-13-8-6-7-9-17(13)24-12-16(4)20-25(21,22)19-11-14(2)18(23-5)10-15(19)3/h6-11,16,20H,12H2,1-5H3/t16-/m1/s1. The minimum atomic E-state index is -3.64. The first-order valence-corrected chi connectivity index (χ1v) is 9.59. The number of rotatable bonds is 7. The molecular weight excluding hydrogens is 338 g/mol. The summed E-state index contributed by atoms with van der Waals surface area (Å²) in [6, 6.07) is 10.6. The van der Waals surface area contributed by atoms with E-state index in [-0.39, 0.29) is 17.5 Å². The third-order valence-corrected chi connectivity index (χ3v) is 5.65. The number of hydrogen-bond acceptors (Lipinski definition) is 4. The van der Waals surface area contributed by atoms with E-state index in [1.807, 2.05) is 38.1 Å². The highest BCUT2D eigenvalue weighted by Crippen LogP contribution is 2.25. The molecule has 0 fully saturated rings. The van der Waals surface area contributed by atoms with Crippen molar-refractivity contribution in [2.24, 2.45) is 0 Å². The zero-order valence-corrected chi connectivity index (χ0v) is 16.1. The molecule has 1 atom stereocenters. The summed E-state index contributed by atoms with van der Waals surface area (Å²) in [5.74, 6) is 1.43. The highest BCUT2D eigenvalue weighted by molar-refractivity contribution is 7.89. The Balaban J connectivity index is 2.10. The van der Waals surface area contributed by atoms with Crippen molar-refractivity contribution in [1.29, 1.82) is 0 Å². The molecule has 2 rings (SSSR count). The van der Waals surface area contributed by atoms with Crippen LogP contribution in [0.5, 0.6) is 11.5 Å². The predicted molar refractivity (Wildman–Crippen MR) is 98.9 cm³/mol. The predicted octanol–water partition coefficient (Wildman–Crippen LogP) is 3.37. The van der Waals surface area contributed by atoms with Crippen LogP contribution >= 0.6 is 0 Å². The summed E-state index contributed by atoms with van der Waals surface area (Å²) < 4.78 is 39.0. The monoisotopic (exact) mass is 363 g/mol. The molecular formula is C19H25NO4S. The molecule has 0 radical (unpaired) electrons. The van der Waals surface area contributed by atoms with Crippen LogP contribution in [0.15, 0.2) is 41.3 Å². The maximum absolute atomic E-state index is 12.7. The Labute approximate surface area is 150 Å². The Morgan fingerprint density at radius 2 is 1.68 bits per heavy atom. The average Bonchev–Trinajstić information content (AvgIpc) is 2.55. The molecule has 136 valence electrons. The van der Waals surface area contributed by atoms with Crippen molar-refractivity contribution in [3.05, 3.63) is 53.1 Å². The highest BCUT2D eigenvalue weighted by atomic mass is 32.2. The molecule has 25 heavy (non-hydrogen) atoms. The molecule has 0 aliphatic rings. The highest BCUT2D eigenvalue weighted by Gasteiger charge is 2.21. The second-order valence-corrected chi connectivity index (χ2v) is 7.87. The maximum atomic E-state index is 12.7. The summed E-state index contributed by atoms with van der Waals surface area (Å²) in [5, 5.41) is 0. The van der Waals surface area contributed by atoms with Crippen LogP contribution in [-0.4, -0.2) is 28.2 Å². The van der Waals surface area contributed by atoms with Crippen LogP contribution in [0, 0.1) is 20.8 Å². The van der Waals surface area contributed by atoms with Crippen LogP contribution in [-0.2, 0) is 10.0 Å². The van der Waals surface area contributed by atoms with E-state index < -0.39 is 10.0 Å². The molecule has 0 amide bonds. The van der Waals surface area contributed by atoms with E-state index in [4.69, 9.17) is 9.47 Å². The Kier molecular flexibility index (Phi) is 6.08. The molecule has 5 nitrogen and oxygen atoms in total. The van der Waals surface area contributed by atoms with Gasteiger partial charge < -0.3 is 9.47 Å². The van der Waals surface area contributed by atoms with Gasteiger partial charge in [-0.3, -0.25) is 0 Å². The van der Waals surface area contributed by atoms with Crippen molar-refractivity contribution in [3.63, 3.8) is 0 Å². The van der Waals surface area contributed by atoms with Gasteiger partial charge in [-0.25, -0.2) is 13.1 Å². The first-order valence-electron chi connectivity index (χ1n) is 8.10. The summed E-state index contributed by atoms with van der Waals surface area (Å²) in [6.07, 6.45) is 0. The van der Waals surface area contributed by atoms with Gasteiger partial charge in [0, 0.05) is 0 Å². The largest absolute Gasteiger partial charge is 0.496 e. The van der Waals surface area contributed by atoms with E-state index in [2.05, 4.69) is 4.72 Å². The quantitative estimate of drug-likeness (QED) is 0.819. The van der Waals surface area contributed by atoms with Crippen LogP contribution in [0.3, 0.4) is 0 Å². The summed E-state index contributed by atoms with van der Waals surface area (Å²) in [6.45, 7) is 7.56. The molecule has 2 aromatic rings. The molecule has 0 saturated heterocycles. The molecule has 0 spiro atoms. The fourth-order valence-corrected chi connectivity index (χ4v) is 4.11. The SMILES string of the molecule is COc1cc(C)c(S(=O)(=O)N[C@H](C)COc2ccccc2C)cc1C. The first-order chi connectivity index (χ1) is 11.7. The molecule has 1 N–H and O–H groups in total. The summed E-state index contributed by atoms with van der Waals surface area (Å²) in [4.78, 5) is 0.258. The lowest BCUT2D eigenvalue weighted by Crippen LogP contribution is -2.37. The number of ether oxygens (including phenoxy) is 2. The van der Waals surface area contributed by atoms with Crippen molar-refractivity contribution >= 4 is 10.0 Å². The van der Waals surface area contributed by atoms with Gasteiger partial charge in [-0.2, -0.15) is 0 Å². The molecule has 0 aliphatic carbocycles. The van der Waals surface area contributed by atoms with Gasteiger partial charge in [0.1, 0.15) is 18.1 Å². The van der Waals surface area contributed by atoms with Gasteiger partial charge in [0.2, 0.25) is 10.0 Å². The second-order valence-electron chi connectivity index (χ2n) is 6.19. The molecule has 0 heterocycles. The lowest BCUT2D eigenvalue weighted by atomic mass is 10.1. The third-order valence-electron chi connectivity index (χ3n) is 3.92. The Morgan fingerprint density at radius 1 is 1.00 bits per heavy atom. The zero-order chi connectivity index (χ0) is 18.6. The molecule has 0 aromatic heterocycles. The van der Waals surface area contributed by atoms with Crippen LogP contribution < -0.4 is 14.2 Å². The van der Waals surface area contributed by atoms with Gasteiger partial charge in [0.05, 0.1) is 18.0 Å². The van der Waals surface area contributed by atoms with Crippen molar-refractivity contribution in [1.82, 2.24) is 4.72 Å². The Hall–Kier alpha value is -2.05. The topological polar surface area (TPSA) is 64.6 Å². The number of para-hydroxylation sites is 1. The molecule has 2 aromatic carbocycles. The van der Waals surface area contributed by atoms with Gasteiger partial charge in [0.25, 0.3) is 0 Å². The van der Waals surface area contributed by atoms with E-state index in [0.717, 1.165) is 16.9 Å². The lowest BCUT2D eigenvalue weighted by molar-refractivity contribution is 0.285. The fraction of sp³-hybridized carbons (Fsp3) is 0.368. The minimum Gasteiger partial charge on any atom is -0.496 e. The number of hydrogen-bond donors (Lipinski definition) is 1. The zero-order valence-electron chi connectivity index (χ0n) is 15.3. The average molecular weight is 363 g/mol. The molecule has 0 saturated carbocycles. The van der Waals surface area contributed by atoms with Crippen LogP contribution in [0.1, 0.15) is 23.6 Å². The van der Waals surface area contributed by atoms with E-state index in [9.17, 15) is 8.42 Å².